The van der Waals surface area contributed by atoms with Crippen LogP contribution in [0.1, 0.15) is 51.9 Å². The monoisotopic (exact) mass is 308 g/mol. The lowest BCUT2D eigenvalue weighted by atomic mass is 9.55. The van der Waals surface area contributed by atoms with Gasteiger partial charge < -0.3 is 15.3 Å². The number of urea groups is 1. The fraction of sp³-hybridized carbons (Fsp3) is 0.882. The van der Waals surface area contributed by atoms with Gasteiger partial charge in [-0.3, -0.25) is 4.79 Å². The van der Waals surface area contributed by atoms with Crippen LogP contribution in [0.25, 0.3) is 0 Å². The second-order valence-corrected chi connectivity index (χ2v) is 7.78. The van der Waals surface area contributed by atoms with Gasteiger partial charge in [-0.2, -0.15) is 0 Å². The van der Waals surface area contributed by atoms with Gasteiger partial charge in [0, 0.05) is 19.6 Å². The lowest BCUT2D eigenvalue weighted by Crippen LogP contribution is -2.54. The Morgan fingerprint density at radius 1 is 1.23 bits per heavy atom. The molecule has 2 atom stereocenters. The summed E-state index contributed by atoms with van der Waals surface area (Å²) in [5.74, 6) is -0.147. The van der Waals surface area contributed by atoms with Crippen molar-refractivity contribution >= 4 is 12.0 Å². The smallest absolute Gasteiger partial charge is 0.317 e. The van der Waals surface area contributed by atoms with E-state index in [0.29, 0.717) is 24.9 Å². The molecule has 0 aromatic carbocycles. The van der Waals surface area contributed by atoms with Gasteiger partial charge in [0.1, 0.15) is 0 Å². The minimum atomic E-state index is -0.783. The first-order valence-corrected chi connectivity index (χ1v) is 8.76. The van der Waals surface area contributed by atoms with E-state index in [1.54, 1.807) is 4.90 Å². The maximum absolute atomic E-state index is 12.4. The van der Waals surface area contributed by atoms with Crippen LogP contribution in [0.15, 0.2) is 0 Å². The molecule has 3 rings (SSSR count). The van der Waals surface area contributed by atoms with Crippen molar-refractivity contribution in [2.24, 2.45) is 23.2 Å². The summed E-state index contributed by atoms with van der Waals surface area (Å²) in [4.78, 5) is 25.4. The predicted molar refractivity (Wildman–Crippen MR) is 83.5 cm³/mol. The van der Waals surface area contributed by atoms with Gasteiger partial charge in [0.05, 0.1) is 5.92 Å². The Morgan fingerprint density at radius 2 is 1.95 bits per heavy atom. The van der Waals surface area contributed by atoms with E-state index < -0.39 is 11.9 Å². The van der Waals surface area contributed by atoms with Gasteiger partial charge in [0.15, 0.2) is 0 Å². The zero-order valence-corrected chi connectivity index (χ0v) is 13.5. The average Bonchev–Trinajstić information content (AvgIpc) is 2.38. The molecule has 3 aliphatic rings. The number of carbonyl (C=O) groups excluding carboxylic acids is 1. The highest BCUT2D eigenvalue weighted by Crippen LogP contribution is 2.53. The van der Waals surface area contributed by atoms with Crippen LogP contribution >= 0.6 is 0 Å². The fourth-order valence-electron chi connectivity index (χ4n) is 4.44. The van der Waals surface area contributed by atoms with E-state index in [1.807, 2.05) is 6.92 Å². The summed E-state index contributed by atoms with van der Waals surface area (Å²) in [5, 5.41) is 12.3. The lowest BCUT2D eigenvalue weighted by molar-refractivity contribution is -0.143. The van der Waals surface area contributed by atoms with Gasteiger partial charge in [0.25, 0.3) is 0 Å². The molecule has 1 saturated heterocycles. The van der Waals surface area contributed by atoms with Crippen molar-refractivity contribution in [2.75, 3.05) is 19.6 Å². The molecular weight excluding hydrogens is 280 g/mol. The van der Waals surface area contributed by atoms with E-state index in [0.717, 1.165) is 12.5 Å². The third-order valence-electron chi connectivity index (χ3n) is 6.21. The standard InChI is InChI=1S/C17H28N2O3/c1-12-8-13(15(20)21)10-19(9-12)16(22)18-11-17(6-3-7-17)14-4-2-5-14/h12-14H,2-11H2,1H3,(H,18,22)(H,20,21). The summed E-state index contributed by atoms with van der Waals surface area (Å²) in [6, 6.07) is -0.0663. The van der Waals surface area contributed by atoms with E-state index in [9.17, 15) is 14.7 Å². The molecule has 2 unspecified atom stereocenters. The van der Waals surface area contributed by atoms with E-state index >= 15 is 0 Å². The highest BCUT2D eigenvalue weighted by atomic mass is 16.4. The first kappa shape index (κ1) is 15.6. The fourth-order valence-corrected chi connectivity index (χ4v) is 4.44. The Hall–Kier alpha value is -1.26. The van der Waals surface area contributed by atoms with Crippen LogP contribution < -0.4 is 5.32 Å². The van der Waals surface area contributed by atoms with Gasteiger partial charge >= 0.3 is 12.0 Å². The Labute approximate surface area is 132 Å². The number of piperidine rings is 1. The molecule has 1 heterocycles. The minimum absolute atomic E-state index is 0.0663. The van der Waals surface area contributed by atoms with Crippen molar-refractivity contribution in [1.82, 2.24) is 10.2 Å². The SMILES string of the molecule is CC1CC(C(=O)O)CN(C(=O)NCC2(C3CCC3)CCC2)C1. The van der Waals surface area contributed by atoms with E-state index in [-0.39, 0.29) is 11.9 Å². The number of amides is 2. The highest BCUT2D eigenvalue weighted by Gasteiger charge is 2.46. The van der Waals surface area contributed by atoms with Gasteiger partial charge in [-0.1, -0.05) is 19.8 Å². The predicted octanol–water partition coefficient (Wildman–Crippen LogP) is 2.71. The molecule has 3 fully saturated rings. The molecule has 0 bridgehead atoms. The Bertz CT molecular complexity index is 443. The molecule has 124 valence electrons. The number of hydrogen-bond donors (Lipinski definition) is 2. The first-order valence-electron chi connectivity index (χ1n) is 8.76. The second kappa shape index (κ2) is 6.09. The second-order valence-electron chi connectivity index (χ2n) is 7.78. The third-order valence-corrected chi connectivity index (χ3v) is 6.21. The van der Waals surface area contributed by atoms with Crippen molar-refractivity contribution < 1.29 is 14.7 Å². The number of aliphatic carboxylic acids is 1. The van der Waals surface area contributed by atoms with Crippen molar-refractivity contribution in [3.8, 4) is 0 Å². The summed E-state index contributed by atoms with van der Waals surface area (Å²) in [7, 11) is 0. The molecule has 0 radical (unpaired) electrons. The molecule has 2 aliphatic carbocycles. The van der Waals surface area contributed by atoms with Crippen LogP contribution in [-0.2, 0) is 4.79 Å². The summed E-state index contributed by atoms with van der Waals surface area (Å²) < 4.78 is 0. The van der Waals surface area contributed by atoms with E-state index in [1.165, 1.54) is 38.5 Å². The Kier molecular flexibility index (Phi) is 4.33. The number of carboxylic acid groups (broad SMARTS) is 1. The number of nitrogens with zero attached hydrogens (tertiary/aromatic N) is 1. The largest absolute Gasteiger partial charge is 0.481 e. The molecule has 2 N–H and O–H groups in total. The normalized spacial score (nSPS) is 31.0. The molecule has 0 aromatic heterocycles. The number of hydrogen-bond acceptors (Lipinski definition) is 2. The van der Waals surface area contributed by atoms with Crippen LogP contribution in [0.3, 0.4) is 0 Å². The van der Waals surface area contributed by atoms with Crippen molar-refractivity contribution in [1.29, 1.82) is 0 Å². The van der Waals surface area contributed by atoms with Crippen molar-refractivity contribution in [2.45, 2.75) is 51.9 Å². The number of carboxylic acids is 1. The maximum atomic E-state index is 12.4. The number of nitrogens with one attached hydrogen (secondary N) is 1. The molecule has 5 heteroatoms. The van der Waals surface area contributed by atoms with Gasteiger partial charge in [-0.15, -0.1) is 0 Å². The molecule has 1 aliphatic heterocycles. The molecule has 22 heavy (non-hydrogen) atoms. The van der Waals surface area contributed by atoms with Crippen molar-refractivity contribution in [3.05, 3.63) is 0 Å². The molecule has 5 nitrogen and oxygen atoms in total. The van der Waals surface area contributed by atoms with Gasteiger partial charge in [-0.25, -0.2) is 4.79 Å². The molecule has 2 amide bonds. The molecule has 2 saturated carbocycles. The summed E-state index contributed by atoms with van der Waals surface area (Å²) in [6.07, 6.45) is 8.41. The van der Waals surface area contributed by atoms with E-state index in [2.05, 4.69) is 5.32 Å². The van der Waals surface area contributed by atoms with Crippen LogP contribution in [0.2, 0.25) is 0 Å². The van der Waals surface area contributed by atoms with Crippen LogP contribution in [0, 0.1) is 23.2 Å². The summed E-state index contributed by atoms with van der Waals surface area (Å²) >= 11 is 0. The van der Waals surface area contributed by atoms with Crippen LogP contribution in [0.4, 0.5) is 4.79 Å². The summed E-state index contributed by atoms with van der Waals surface area (Å²) in [5.41, 5.74) is 0.349. The van der Waals surface area contributed by atoms with Gasteiger partial charge in [0.2, 0.25) is 0 Å². The summed E-state index contributed by atoms with van der Waals surface area (Å²) in [6.45, 7) is 3.82. The van der Waals surface area contributed by atoms with Crippen LogP contribution in [-0.4, -0.2) is 41.6 Å². The first-order chi connectivity index (χ1) is 10.5. The molecule has 0 spiro atoms. The topological polar surface area (TPSA) is 69.6 Å². The quantitative estimate of drug-likeness (QED) is 0.839. The van der Waals surface area contributed by atoms with Crippen molar-refractivity contribution in [3.63, 3.8) is 0 Å². The Balaban J connectivity index is 1.53. The zero-order valence-electron chi connectivity index (χ0n) is 13.5. The average molecular weight is 308 g/mol. The van der Waals surface area contributed by atoms with E-state index in [4.69, 9.17) is 0 Å². The number of likely N-dealkylation sites (tertiary alicyclic amines) is 1. The Morgan fingerprint density at radius 3 is 2.45 bits per heavy atom. The molecule has 0 aromatic rings. The third kappa shape index (κ3) is 2.95. The van der Waals surface area contributed by atoms with Gasteiger partial charge in [-0.05, 0) is 49.4 Å². The minimum Gasteiger partial charge on any atom is -0.481 e. The number of rotatable bonds is 4. The lowest BCUT2D eigenvalue weighted by Gasteiger charge is -2.52. The van der Waals surface area contributed by atoms with Crippen LogP contribution in [0.5, 0.6) is 0 Å². The number of carbonyl (C=O) groups is 2. The molecular formula is C17H28N2O3. The maximum Gasteiger partial charge on any atom is 0.317 e. The highest BCUT2D eigenvalue weighted by molar-refractivity contribution is 5.76. The zero-order chi connectivity index (χ0) is 15.7.